The Labute approximate surface area is 130 Å². The van der Waals surface area contributed by atoms with E-state index in [0.717, 1.165) is 24.9 Å². The maximum absolute atomic E-state index is 12.9. The first-order chi connectivity index (χ1) is 10.7. The minimum absolute atomic E-state index is 0.0890. The first kappa shape index (κ1) is 16.2. The molecule has 2 aromatic carbocycles. The van der Waals surface area contributed by atoms with Gasteiger partial charge < -0.3 is 10.6 Å². The topological polar surface area (TPSA) is 45.7 Å². The van der Waals surface area contributed by atoms with Crippen LogP contribution in [0.15, 0.2) is 54.6 Å². The van der Waals surface area contributed by atoms with E-state index in [1.807, 2.05) is 30.3 Å². The second-order valence-corrected chi connectivity index (χ2v) is 5.26. The van der Waals surface area contributed by atoms with Gasteiger partial charge in [0.25, 0.3) is 5.91 Å². The maximum Gasteiger partial charge on any atom is 0.287 e. The summed E-state index contributed by atoms with van der Waals surface area (Å²) in [5.74, 6) is -0.402. The van der Waals surface area contributed by atoms with E-state index in [1.165, 1.54) is 12.1 Å². The highest BCUT2D eigenvalue weighted by Gasteiger charge is 2.23. The largest absolute Gasteiger partial charge is 0.332 e. The van der Waals surface area contributed by atoms with Crippen molar-refractivity contribution in [2.75, 3.05) is 11.9 Å². The van der Waals surface area contributed by atoms with Crippen LogP contribution in [0.1, 0.15) is 31.4 Å². The third-order valence-electron chi connectivity index (χ3n) is 3.51. The summed E-state index contributed by atoms with van der Waals surface area (Å²) in [6.07, 6.45) is 2.16. The Bertz CT molecular complexity index is 584. The summed E-state index contributed by atoms with van der Waals surface area (Å²) in [6.45, 7) is 3.02. The van der Waals surface area contributed by atoms with Crippen LogP contribution in [-0.4, -0.2) is 12.5 Å². The van der Waals surface area contributed by atoms with Gasteiger partial charge in [0, 0.05) is 11.3 Å². The van der Waals surface area contributed by atoms with Crippen LogP contribution in [0.5, 0.6) is 0 Å². The van der Waals surface area contributed by atoms with Crippen molar-refractivity contribution in [3.8, 4) is 0 Å². The fraction of sp³-hybridized carbons (Fsp3) is 0.278. The van der Waals surface area contributed by atoms with Crippen LogP contribution >= 0.6 is 0 Å². The fourth-order valence-corrected chi connectivity index (χ4v) is 2.30. The van der Waals surface area contributed by atoms with Gasteiger partial charge in [0.15, 0.2) is 6.04 Å². The minimum atomic E-state index is -0.313. The number of rotatable bonds is 7. The van der Waals surface area contributed by atoms with E-state index in [2.05, 4.69) is 17.6 Å². The van der Waals surface area contributed by atoms with Gasteiger partial charge in [-0.3, -0.25) is 4.79 Å². The van der Waals surface area contributed by atoms with Crippen molar-refractivity contribution in [1.29, 1.82) is 0 Å². The molecule has 0 aromatic heterocycles. The molecular weight excluding hydrogens is 279 g/mol. The van der Waals surface area contributed by atoms with Crippen molar-refractivity contribution < 1.29 is 14.5 Å². The standard InChI is InChI=1S/C18H21FN2O/c1-2-3-13-20-17(14-7-5-4-6-8-14)18(22)21-16-11-9-15(19)10-12-16/h4-12,17,20H,2-3,13H2,1H3,(H,21,22)/p+1/t17-/m1/s1. The Morgan fingerprint density at radius 2 is 1.82 bits per heavy atom. The molecule has 0 heterocycles. The average molecular weight is 301 g/mol. The summed E-state index contributed by atoms with van der Waals surface area (Å²) < 4.78 is 12.9. The van der Waals surface area contributed by atoms with Gasteiger partial charge >= 0.3 is 0 Å². The van der Waals surface area contributed by atoms with E-state index in [1.54, 1.807) is 12.1 Å². The summed E-state index contributed by atoms with van der Waals surface area (Å²) in [7, 11) is 0. The molecule has 0 aliphatic heterocycles. The van der Waals surface area contributed by atoms with E-state index in [0.29, 0.717) is 5.69 Å². The number of carbonyl (C=O) groups is 1. The first-order valence-electron chi connectivity index (χ1n) is 7.65. The molecule has 0 bridgehead atoms. The smallest absolute Gasteiger partial charge is 0.287 e. The normalized spacial score (nSPS) is 11.9. The summed E-state index contributed by atoms with van der Waals surface area (Å²) >= 11 is 0. The highest BCUT2D eigenvalue weighted by atomic mass is 19.1. The molecule has 3 N–H and O–H groups in total. The molecule has 0 aliphatic carbocycles. The Balaban J connectivity index is 2.09. The van der Waals surface area contributed by atoms with Crippen molar-refractivity contribution in [3.63, 3.8) is 0 Å². The van der Waals surface area contributed by atoms with E-state index < -0.39 is 0 Å². The fourth-order valence-electron chi connectivity index (χ4n) is 2.30. The summed E-state index contributed by atoms with van der Waals surface area (Å²) in [5.41, 5.74) is 1.58. The number of anilines is 1. The van der Waals surface area contributed by atoms with E-state index >= 15 is 0 Å². The highest BCUT2D eigenvalue weighted by molar-refractivity contribution is 5.94. The summed E-state index contributed by atoms with van der Waals surface area (Å²) in [6, 6.07) is 15.2. The third kappa shape index (κ3) is 4.67. The summed E-state index contributed by atoms with van der Waals surface area (Å²) in [4.78, 5) is 12.6. The molecule has 0 radical (unpaired) electrons. The molecule has 0 fully saturated rings. The zero-order valence-electron chi connectivity index (χ0n) is 12.8. The molecule has 116 valence electrons. The van der Waals surface area contributed by atoms with E-state index in [4.69, 9.17) is 0 Å². The molecule has 2 rings (SSSR count). The number of unbranched alkanes of at least 4 members (excludes halogenated alkanes) is 1. The van der Waals surface area contributed by atoms with Gasteiger partial charge in [-0.05, 0) is 30.7 Å². The predicted octanol–water partition coefficient (Wildman–Crippen LogP) is 2.87. The maximum atomic E-state index is 12.9. The molecule has 0 aliphatic rings. The van der Waals surface area contributed by atoms with Crippen LogP contribution in [0.25, 0.3) is 0 Å². The van der Waals surface area contributed by atoms with Gasteiger partial charge in [0.05, 0.1) is 6.54 Å². The zero-order valence-corrected chi connectivity index (χ0v) is 12.8. The van der Waals surface area contributed by atoms with Gasteiger partial charge in [-0.1, -0.05) is 43.7 Å². The molecule has 0 unspecified atom stereocenters. The molecule has 0 saturated carbocycles. The van der Waals surface area contributed by atoms with Gasteiger partial charge in [-0.15, -0.1) is 0 Å². The predicted molar refractivity (Wildman–Crippen MR) is 85.9 cm³/mol. The van der Waals surface area contributed by atoms with Crippen LogP contribution in [0.2, 0.25) is 0 Å². The lowest BCUT2D eigenvalue weighted by atomic mass is 10.1. The first-order valence-corrected chi connectivity index (χ1v) is 7.65. The van der Waals surface area contributed by atoms with Crippen molar-refractivity contribution in [2.45, 2.75) is 25.8 Å². The van der Waals surface area contributed by atoms with E-state index in [-0.39, 0.29) is 17.8 Å². The zero-order chi connectivity index (χ0) is 15.8. The second-order valence-electron chi connectivity index (χ2n) is 5.26. The molecule has 4 heteroatoms. The number of halogens is 1. The number of hydrogen-bond acceptors (Lipinski definition) is 1. The van der Waals surface area contributed by atoms with Gasteiger partial charge in [-0.2, -0.15) is 0 Å². The Hall–Kier alpha value is -2.20. The van der Waals surface area contributed by atoms with Crippen LogP contribution in [-0.2, 0) is 4.79 Å². The van der Waals surface area contributed by atoms with Gasteiger partial charge in [0.1, 0.15) is 5.82 Å². The van der Waals surface area contributed by atoms with Crippen LogP contribution in [0.4, 0.5) is 10.1 Å². The number of quaternary nitrogens is 1. The van der Waals surface area contributed by atoms with Crippen LogP contribution in [0, 0.1) is 5.82 Å². The van der Waals surface area contributed by atoms with Crippen molar-refractivity contribution >= 4 is 11.6 Å². The average Bonchev–Trinajstić information content (AvgIpc) is 2.54. The highest BCUT2D eigenvalue weighted by Crippen LogP contribution is 2.13. The monoisotopic (exact) mass is 301 g/mol. The van der Waals surface area contributed by atoms with Crippen molar-refractivity contribution in [1.82, 2.24) is 0 Å². The summed E-state index contributed by atoms with van der Waals surface area (Å²) in [5, 5.41) is 4.91. The van der Waals surface area contributed by atoms with Crippen LogP contribution in [0.3, 0.4) is 0 Å². The molecule has 1 atom stereocenters. The molecule has 3 nitrogen and oxygen atoms in total. The SMILES string of the molecule is CCCC[NH2+][C@@H](C(=O)Nc1ccc(F)cc1)c1ccccc1. The number of nitrogens with one attached hydrogen (secondary N) is 1. The number of nitrogens with two attached hydrogens (primary N) is 1. The van der Waals surface area contributed by atoms with Crippen molar-refractivity contribution in [3.05, 3.63) is 66.0 Å². The number of hydrogen-bond donors (Lipinski definition) is 2. The Morgan fingerprint density at radius 3 is 2.45 bits per heavy atom. The van der Waals surface area contributed by atoms with Gasteiger partial charge in [-0.25, -0.2) is 4.39 Å². The Morgan fingerprint density at radius 1 is 1.14 bits per heavy atom. The number of carbonyl (C=O) groups excluding carboxylic acids is 1. The lowest BCUT2D eigenvalue weighted by molar-refractivity contribution is -0.682. The molecule has 0 saturated heterocycles. The minimum Gasteiger partial charge on any atom is -0.332 e. The molecule has 0 spiro atoms. The second kappa shape index (κ2) is 8.29. The van der Waals surface area contributed by atoms with Gasteiger partial charge in [0.2, 0.25) is 0 Å². The Kier molecular flexibility index (Phi) is 6.10. The molecule has 1 amide bonds. The van der Waals surface area contributed by atoms with E-state index in [9.17, 15) is 9.18 Å². The lowest BCUT2D eigenvalue weighted by Crippen LogP contribution is -2.87. The number of amides is 1. The molecule has 2 aromatic rings. The lowest BCUT2D eigenvalue weighted by Gasteiger charge is -2.16. The molecular formula is C18H22FN2O+. The molecule has 22 heavy (non-hydrogen) atoms. The third-order valence-corrected chi connectivity index (χ3v) is 3.51. The van der Waals surface area contributed by atoms with Crippen molar-refractivity contribution in [2.24, 2.45) is 0 Å². The quantitative estimate of drug-likeness (QED) is 0.759. The number of benzene rings is 2. The van der Waals surface area contributed by atoms with Crippen LogP contribution < -0.4 is 10.6 Å².